The Hall–Kier alpha value is -3.68. The molecule has 3 amide bonds. The third-order valence-electron chi connectivity index (χ3n) is 5.97. The Kier molecular flexibility index (Phi) is 9.20. The first-order valence-corrected chi connectivity index (χ1v) is 11.9. The molecule has 0 saturated heterocycles. The van der Waals surface area contributed by atoms with Crippen molar-refractivity contribution in [2.45, 2.75) is 52.0 Å². The molecule has 8 heteroatoms. The minimum Gasteiger partial charge on any atom is -0.372 e. The first kappa shape index (κ1) is 25.0. The lowest BCUT2D eigenvalue weighted by atomic mass is 9.95. The number of para-hydroxylation sites is 1. The largest absolute Gasteiger partial charge is 0.372 e. The lowest BCUT2D eigenvalue weighted by Crippen LogP contribution is -2.37. The quantitative estimate of drug-likeness (QED) is 0.316. The Balaban J connectivity index is 1.55. The van der Waals surface area contributed by atoms with E-state index in [0.717, 1.165) is 50.0 Å². The smallest absolute Gasteiger partial charge is 0.329 e. The Morgan fingerprint density at radius 1 is 0.941 bits per heavy atom. The van der Waals surface area contributed by atoms with Crippen molar-refractivity contribution in [1.29, 1.82) is 0 Å². The standard InChI is InChI=1S/C26H33N5O3/c1-3-31(4-2)21-16-14-19(15-17-21)18-27-30-26(34)25(33)29-23-13-9-8-12-22(23)24(32)28-20-10-6-5-7-11-20/h8-9,12-18,20H,3-7,10-11H2,1-2H3,(H,28,32)(H,29,33)(H,30,34)/b27-18-. The first-order valence-electron chi connectivity index (χ1n) is 11.9. The average molecular weight is 464 g/mol. The number of hydrazone groups is 1. The minimum absolute atomic E-state index is 0.142. The van der Waals surface area contributed by atoms with Crippen molar-refractivity contribution in [2.24, 2.45) is 5.10 Å². The molecule has 0 aromatic heterocycles. The lowest BCUT2D eigenvalue weighted by molar-refractivity contribution is -0.136. The van der Waals surface area contributed by atoms with E-state index in [1.54, 1.807) is 24.3 Å². The molecular weight excluding hydrogens is 430 g/mol. The average Bonchev–Trinajstić information content (AvgIpc) is 2.86. The van der Waals surface area contributed by atoms with E-state index in [9.17, 15) is 14.4 Å². The maximum atomic E-state index is 12.7. The lowest BCUT2D eigenvalue weighted by Gasteiger charge is -2.23. The van der Waals surface area contributed by atoms with Crippen LogP contribution in [0.3, 0.4) is 0 Å². The van der Waals surface area contributed by atoms with Crippen molar-refractivity contribution in [2.75, 3.05) is 23.3 Å². The second-order valence-electron chi connectivity index (χ2n) is 8.27. The van der Waals surface area contributed by atoms with Gasteiger partial charge in [0.25, 0.3) is 5.91 Å². The second kappa shape index (κ2) is 12.5. The van der Waals surface area contributed by atoms with Crippen LogP contribution in [-0.4, -0.2) is 43.1 Å². The van der Waals surface area contributed by atoms with E-state index < -0.39 is 11.8 Å². The van der Waals surface area contributed by atoms with E-state index in [1.807, 2.05) is 24.3 Å². The van der Waals surface area contributed by atoms with Gasteiger partial charge in [0.05, 0.1) is 17.5 Å². The van der Waals surface area contributed by atoms with Gasteiger partial charge >= 0.3 is 11.8 Å². The molecule has 3 N–H and O–H groups in total. The van der Waals surface area contributed by atoms with Gasteiger partial charge in [-0.2, -0.15) is 5.10 Å². The van der Waals surface area contributed by atoms with Crippen LogP contribution in [-0.2, 0) is 9.59 Å². The highest BCUT2D eigenvalue weighted by atomic mass is 16.2. The Labute approximate surface area is 200 Å². The molecule has 180 valence electrons. The van der Waals surface area contributed by atoms with Crippen molar-refractivity contribution in [3.05, 3.63) is 59.7 Å². The highest BCUT2D eigenvalue weighted by Crippen LogP contribution is 2.20. The fourth-order valence-corrected chi connectivity index (χ4v) is 4.06. The van der Waals surface area contributed by atoms with Gasteiger partial charge in [-0.3, -0.25) is 14.4 Å². The van der Waals surface area contributed by atoms with Crippen LogP contribution in [0.5, 0.6) is 0 Å². The van der Waals surface area contributed by atoms with Crippen LogP contribution >= 0.6 is 0 Å². The molecule has 34 heavy (non-hydrogen) atoms. The number of carbonyl (C=O) groups excluding carboxylic acids is 3. The summed E-state index contributed by atoms with van der Waals surface area (Å²) < 4.78 is 0. The number of amides is 3. The van der Waals surface area contributed by atoms with Crippen molar-refractivity contribution < 1.29 is 14.4 Å². The molecule has 0 bridgehead atoms. The maximum absolute atomic E-state index is 12.7. The van der Waals surface area contributed by atoms with Gasteiger partial charge in [0.1, 0.15) is 0 Å². The zero-order chi connectivity index (χ0) is 24.3. The predicted molar refractivity (Wildman–Crippen MR) is 135 cm³/mol. The third kappa shape index (κ3) is 6.91. The number of rotatable bonds is 8. The molecule has 2 aromatic rings. The van der Waals surface area contributed by atoms with Gasteiger partial charge < -0.3 is 15.5 Å². The maximum Gasteiger partial charge on any atom is 0.329 e. The molecular formula is C26H33N5O3. The number of benzene rings is 2. The molecule has 1 fully saturated rings. The summed E-state index contributed by atoms with van der Waals surface area (Å²) in [5.41, 5.74) is 4.74. The number of hydrogen-bond acceptors (Lipinski definition) is 5. The van der Waals surface area contributed by atoms with Crippen molar-refractivity contribution >= 4 is 35.3 Å². The molecule has 0 atom stereocenters. The molecule has 0 unspecified atom stereocenters. The van der Waals surface area contributed by atoms with E-state index in [-0.39, 0.29) is 17.6 Å². The summed E-state index contributed by atoms with van der Waals surface area (Å²) in [4.78, 5) is 39.5. The normalized spacial score (nSPS) is 13.9. The number of anilines is 2. The summed E-state index contributed by atoms with van der Waals surface area (Å²) in [6.45, 7) is 6.03. The summed E-state index contributed by atoms with van der Waals surface area (Å²) in [5.74, 6) is -2.07. The molecule has 3 rings (SSSR count). The number of nitrogens with zero attached hydrogens (tertiary/aromatic N) is 2. The van der Waals surface area contributed by atoms with Gasteiger partial charge in [0, 0.05) is 24.8 Å². The first-order chi connectivity index (χ1) is 16.5. The SMILES string of the molecule is CCN(CC)c1ccc(/C=N\NC(=O)C(=O)Nc2ccccc2C(=O)NC2CCCCC2)cc1. The van der Waals surface area contributed by atoms with E-state index in [0.29, 0.717) is 5.56 Å². The van der Waals surface area contributed by atoms with Crippen LogP contribution in [0.25, 0.3) is 0 Å². The second-order valence-corrected chi connectivity index (χ2v) is 8.27. The number of nitrogens with one attached hydrogen (secondary N) is 3. The summed E-state index contributed by atoms with van der Waals surface area (Å²) in [6.07, 6.45) is 6.78. The number of carbonyl (C=O) groups is 3. The van der Waals surface area contributed by atoms with Gasteiger partial charge in [-0.05, 0) is 56.5 Å². The van der Waals surface area contributed by atoms with Crippen LogP contribution in [0.4, 0.5) is 11.4 Å². The highest BCUT2D eigenvalue weighted by Gasteiger charge is 2.20. The summed E-state index contributed by atoms with van der Waals surface area (Å²) >= 11 is 0. The van der Waals surface area contributed by atoms with E-state index >= 15 is 0 Å². The molecule has 1 aliphatic carbocycles. The predicted octanol–water partition coefficient (Wildman–Crippen LogP) is 3.68. The van der Waals surface area contributed by atoms with Crippen molar-refractivity contribution in [3.63, 3.8) is 0 Å². The summed E-state index contributed by atoms with van der Waals surface area (Å²) in [6, 6.07) is 14.6. The Bertz CT molecular complexity index is 1010. The van der Waals surface area contributed by atoms with Crippen LogP contribution in [0.2, 0.25) is 0 Å². The van der Waals surface area contributed by atoms with Gasteiger partial charge in [-0.15, -0.1) is 0 Å². The van der Waals surface area contributed by atoms with Crippen LogP contribution in [0, 0.1) is 0 Å². The zero-order valence-electron chi connectivity index (χ0n) is 19.8. The molecule has 1 saturated carbocycles. The molecule has 8 nitrogen and oxygen atoms in total. The number of hydrogen-bond donors (Lipinski definition) is 3. The Morgan fingerprint density at radius 3 is 2.29 bits per heavy atom. The molecule has 2 aromatic carbocycles. The van der Waals surface area contributed by atoms with Gasteiger partial charge in [-0.25, -0.2) is 5.43 Å². The molecule has 0 radical (unpaired) electrons. The molecule has 0 spiro atoms. The van der Waals surface area contributed by atoms with E-state index in [1.165, 1.54) is 12.6 Å². The van der Waals surface area contributed by atoms with Gasteiger partial charge in [0.15, 0.2) is 0 Å². The van der Waals surface area contributed by atoms with E-state index in [2.05, 4.69) is 39.9 Å². The monoisotopic (exact) mass is 463 g/mol. The van der Waals surface area contributed by atoms with Crippen molar-refractivity contribution in [1.82, 2.24) is 10.7 Å². The van der Waals surface area contributed by atoms with Gasteiger partial charge in [0.2, 0.25) is 0 Å². The molecule has 1 aliphatic rings. The summed E-state index contributed by atoms with van der Waals surface area (Å²) in [7, 11) is 0. The summed E-state index contributed by atoms with van der Waals surface area (Å²) in [5, 5.41) is 9.43. The fraction of sp³-hybridized carbons (Fsp3) is 0.385. The molecule has 0 heterocycles. The fourth-order valence-electron chi connectivity index (χ4n) is 4.06. The topological polar surface area (TPSA) is 103 Å². The zero-order valence-corrected chi connectivity index (χ0v) is 19.8. The van der Waals surface area contributed by atoms with Gasteiger partial charge in [-0.1, -0.05) is 43.5 Å². The van der Waals surface area contributed by atoms with Crippen LogP contribution < -0.4 is 21.0 Å². The third-order valence-corrected chi connectivity index (χ3v) is 5.97. The highest BCUT2D eigenvalue weighted by molar-refractivity contribution is 6.40. The Morgan fingerprint density at radius 2 is 1.62 bits per heavy atom. The van der Waals surface area contributed by atoms with Crippen LogP contribution in [0.1, 0.15) is 61.9 Å². The van der Waals surface area contributed by atoms with Crippen LogP contribution in [0.15, 0.2) is 53.6 Å². The van der Waals surface area contributed by atoms with Crippen molar-refractivity contribution in [3.8, 4) is 0 Å². The molecule has 0 aliphatic heterocycles. The van der Waals surface area contributed by atoms with E-state index in [4.69, 9.17) is 0 Å². The minimum atomic E-state index is -0.918.